The summed E-state index contributed by atoms with van der Waals surface area (Å²) in [4.78, 5) is 12.0. The Morgan fingerprint density at radius 2 is 2.06 bits per heavy atom. The number of hydrazine groups is 1. The van der Waals surface area contributed by atoms with Crippen molar-refractivity contribution in [3.05, 3.63) is 29.8 Å². The minimum Gasteiger partial charge on any atom is -0.396 e. The van der Waals surface area contributed by atoms with Gasteiger partial charge in [-0.3, -0.25) is 15.2 Å². The number of hydrogen-bond donors (Lipinski definition) is 2. The van der Waals surface area contributed by atoms with Gasteiger partial charge >= 0.3 is 0 Å². The Morgan fingerprint density at radius 3 is 2.67 bits per heavy atom. The molecule has 0 spiro atoms. The van der Waals surface area contributed by atoms with Crippen molar-refractivity contribution in [1.82, 2.24) is 5.43 Å². The number of anilines is 1. The zero-order chi connectivity index (χ0) is 13.2. The van der Waals surface area contributed by atoms with Gasteiger partial charge in [-0.15, -0.1) is 0 Å². The fraction of sp³-hybridized carbons (Fsp3) is 0.500. The molecule has 1 unspecified atom stereocenters. The van der Waals surface area contributed by atoms with Gasteiger partial charge in [0, 0.05) is 6.61 Å². The maximum atomic E-state index is 12.0. The smallest absolute Gasteiger partial charge is 0.246 e. The average Bonchev–Trinajstić information content (AvgIpc) is 2.65. The number of hydrogen-bond acceptors (Lipinski definition) is 3. The Balaban J connectivity index is 2.10. The first-order chi connectivity index (χ1) is 8.55. The molecule has 1 aliphatic rings. The number of amides is 1. The molecule has 0 saturated carbocycles. The van der Waals surface area contributed by atoms with Gasteiger partial charge in [-0.25, -0.2) is 0 Å². The summed E-state index contributed by atoms with van der Waals surface area (Å²) in [6.07, 6.45) is 1.36. The molecule has 1 fully saturated rings. The fourth-order valence-electron chi connectivity index (χ4n) is 2.26. The van der Waals surface area contributed by atoms with Crippen LogP contribution in [0.4, 0.5) is 5.69 Å². The van der Waals surface area contributed by atoms with Crippen molar-refractivity contribution in [2.24, 2.45) is 5.41 Å². The Morgan fingerprint density at radius 1 is 1.39 bits per heavy atom. The highest BCUT2D eigenvalue weighted by atomic mass is 16.3. The molecule has 4 heteroatoms. The van der Waals surface area contributed by atoms with Crippen LogP contribution in [0.2, 0.25) is 0 Å². The van der Waals surface area contributed by atoms with E-state index in [0.717, 1.165) is 5.69 Å². The summed E-state index contributed by atoms with van der Waals surface area (Å²) in [5, 5.41) is 10.8. The maximum Gasteiger partial charge on any atom is 0.246 e. The van der Waals surface area contributed by atoms with Gasteiger partial charge in [0.25, 0.3) is 0 Å². The van der Waals surface area contributed by atoms with E-state index < -0.39 is 5.41 Å². The normalized spacial score (nSPS) is 23.3. The molecule has 1 amide bonds. The van der Waals surface area contributed by atoms with E-state index in [2.05, 4.69) is 5.43 Å². The van der Waals surface area contributed by atoms with Gasteiger partial charge in [0.1, 0.15) is 0 Å². The highest BCUT2D eigenvalue weighted by molar-refractivity contribution is 5.87. The molecular weight excluding hydrogens is 228 g/mol. The second-order valence-corrected chi connectivity index (χ2v) is 5.25. The van der Waals surface area contributed by atoms with Crippen molar-refractivity contribution < 1.29 is 9.90 Å². The number of rotatable bonds is 4. The summed E-state index contributed by atoms with van der Waals surface area (Å²) in [6, 6.07) is 8.08. The van der Waals surface area contributed by atoms with E-state index in [0.29, 0.717) is 19.4 Å². The van der Waals surface area contributed by atoms with Crippen LogP contribution in [-0.4, -0.2) is 24.2 Å². The summed E-state index contributed by atoms with van der Waals surface area (Å²) in [7, 11) is 0. The molecule has 98 valence electrons. The van der Waals surface area contributed by atoms with Gasteiger partial charge in [-0.1, -0.05) is 17.7 Å². The van der Waals surface area contributed by atoms with E-state index in [1.54, 1.807) is 0 Å². The zero-order valence-electron chi connectivity index (χ0n) is 10.9. The van der Waals surface area contributed by atoms with Crippen LogP contribution in [0, 0.1) is 12.3 Å². The molecule has 0 radical (unpaired) electrons. The lowest BCUT2D eigenvalue weighted by Gasteiger charge is -2.21. The number of carbonyl (C=O) groups is 1. The molecule has 0 aromatic heterocycles. The van der Waals surface area contributed by atoms with Crippen LogP contribution in [0.3, 0.4) is 0 Å². The number of nitrogens with zero attached hydrogens (tertiary/aromatic N) is 1. The molecule has 0 aliphatic carbocycles. The first-order valence-corrected chi connectivity index (χ1v) is 6.31. The first-order valence-electron chi connectivity index (χ1n) is 6.31. The molecule has 1 aromatic carbocycles. The van der Waals surface area contributed by atoms with Crippen LogP contribution in [0.15, 0.2) is 24.3 Å². The second kappa shape index (κ2) is 4.98. The number of aliphatic hydroxyl groups is 1. The first kappa shape index (κ1) is 12.9. The number of aliphatic hydroxyl groups excluding tert-OH is 1. The number of nitrogens with one attached hydrogen (secondary N) is 1. The van der Waals surface area contributed by atoms with Gasteiger partial charge < -0.3 is 5.11 Å². The monoisotopic (exact) mass is 248 g/mol. The van der Waals surface area contributed by atoms with Crippen molar-refractivity contribution >= 4 is 11.6 Å². The quantitative estimate of drug-likeness (QED) is 0.851. The van der Waals surface area contributed by atoms with E-state index in [9.17, 15) is 4.79 Å². The summed E-state index contributed by atoms with van der Waals surface area (Å²) in [5.41, 5.74) is 4.70. The predicted molar refractivity (Wildman–Crippen MR) is 71.1 cm³/mol. The average molecular weight is 248 g/mol. The highest BCUT2D eigenvalue weighted by Crippen LogP contribution is 2.31. The molecule has 1 atom stereocenters. The van der Waals surface area contributed by atoms with Crippen molar-refractivity contribution in [1.29, 1.82) is 0 Å². The third-order valence-electron chi connectivity index (χ3n) is 3.52. The summed E-state index contributed by atoms with van der Waals surface area (Å²) in [6.45, 7) is 4.77. The summed E-state index contributed by atoms with van der Waals surface area (Å²) >= 11 is 0. The van der Waals surface area contributed by atoms with Gasteiger partial charge in [-0.05, 0) is 38.8 Å². The minimum absolute atomic E-state index is 0.0384. The molecule has 1 heterocycles. The Bertz CT molecular complexity index is 430. The molecule has 2 N–H and O–H groups in total. The molecule has 1 aromatic rings. The van der Waals surface area contributed by atoms with Gasteiger partial charge in [0.2, 0.25) is 5.91 Å². The molecule has 1 saturated heterocycles. The van der Waals surface area contributed by atoms with E-state index in [-0.39, 0.29) is 12.5 Å². The third kappa shape index (κ3) is 2.48. The SMILES string of the molecule is Cc1ccc(N2CC(C)(CCCO)C(=O)N2)cc1. The lowest BCUT2D eigenvalue weighted by Crippen LogP contribution is -2.33. The molecule has 0 bridgehead atoms. The largest absolute Gasteiger partial charge is 0.396 e. The zero-order valence-corrected chi connectivity index (χ0v) is 10.9. The van der Waals surface area contributed by atoms with Crippen LogP contribution in [-0.2, 0) is 4.79 Å². The van der Waals surface area contributed by atoms with Crippen molar-refractivity contribution in [3.63, 3.8) is 0 Å². The van der Waals surface area contributed by atoms with Crippen LogP contribution in [0.5, 0.6) is 0 Å². The highest BCUT2D eigenvalue weighted by Gasteiger charge is 2.41. The van der Waals surface area contributed by atoms with E-state index in [1.807, 2.05) is 43.1 Å². The van der Waals surface area contributed by atoms with Crippen LogP contribution in [0.1, 0.15) is 25.3 Å². The molecule has 18 heavy (non-hydrogen) atoms. The Labute approximate surface area is 108 Å². The summed E-state index contributed by atoms with van der Waals surface area (Å²) in [5.74, 6) is 0.0384. The second-order valence-electron chi connectivity index (χ2n) is 5.25. The molecule has 4 nitrogen and oxygen atoms in total. The number of carbonyl (C=O) groups excluding carboxylic acids is 1. The predicted octanol–water partition coefficient (Wildman–Crippen LogP) is 1.63. The Hall–Kier alpha value is -1.55. The van der Waals surface area contributed by atoms with E-state index in [1.165, 1.54) is 5.56 Å². The molecular formula is C14H20N2O2. The summed E-state index contributed by atoms with van der Waals surface area (Å²) < 4.78 is 0. The number of aryl methyl sites for hydroxylation is 1. The van der Waals surface area contributed by atoms with Crippen LogP contribution < -0.4 is 10.4 Å². The van der Waals surface area contributed by atoms with Crippen LogP contribution >= 0.6 is 0 Å². The Kier molecular flexibility index (Phi) is 3.57. The van der Waals surface area contributed by atoms with Crippen molar-refractivity contribution in [2.75, 3.05) is 18.2 Å². The van der Waals surface area contributed by atoms with Gasteiger partial charge in [0.15, 0.2) is 0 Å². The standard InChI is InChI=1S/C14H20N2O2/c1-11-4-6-12(7-5-11)16-10-14(2,8-3-9-17)13(18)15-16/h4-7,17H,3,8-10H2,1-2H3,(H,15,18). The topological polar surface area (TPSA) is 52.6 Å². The maximum absolute atomic E-state index is 12.0. The van der Waals surface area contributed by atoms with Gasteiger partial charge in [-0.2, -0.15) is 0 Å². The fourth-order valence-corrected chi connectivity index (χ4v) is 2.26. The third-order valence-corrected chi connectivity index (χ3v) is 3.52. The van der Waals surface area contributed by atoms with Crippen LogP contribution in [0.25, 0.3) is 0 Å². The van der Waals surface area contributed by atoms with E-state index in [4.69, 9.17) is 5.11 Å². The number of benzene rings is 1. The lowest BCUT2D eigenvalue weighted by atomic mass is 9.86. The van der Waals surface area contributed by atoms with E-state index >= 15 is 0 Å². The lowest BCUT2D eigenvalue weighted by molar-refractivity contribution is -0.126. The molecule has 2 rings (SSSR count). The van der Waals surface area contributed by atoms with Crippen molar-refractivity contribution in [3.8, 4) is 0 Å². The molecule has 1 aliphatic heterocycles. The van der Waals surface area contributed by atoms with Gasteiger partial charge in [0.05, 0.1) is 17.6 Å². The van der Waals surface area contributed by atoms with Crippen molar-refractivity contribution in [2.45, 2.75) is 26.7 Å². The minimum atomic E-state index is -0.409.